The van der Waals surface area contributed by atoms with Crippen molar-refractivity contribution in [3.05, 3.63) is 35.9 Å². The first-order valence-electron chi connectivity index (χ1n) is 7.05. The number of hydrogen-bond donors (Lipinski definition) is 2. The molecule has 0 radical (unpaired) electrons. The van der Waals surface area contributed by atoms with Gasteiger partial charge in [0.05, 0.1) is 6.54 Å². The van der Waals surface area contributed by atoms with E-state index in [2.05, 4.69) is 29.6 Å². The van der Waals surface area contributed by atoms with E-state index >= 15 is 0 Å². The van der Waals surface area contributed by atoms with Crippen molar-refractivity contribution in [3.8, 4) is 0 Å². The maximum absolute atomic E-state index is 12.0. The van der Waals surface area contributed by atoms with E-state index in [1.807, 2.05) is 11.0 Å². The molecule has 19 heavy (non-hydrogen) atoms. The van der Waals surface area contributed by atoms with Crippen molar-refractivity contribution in [1.82, 2.24) is 10.2 Å². The monoisotopic (exact) mass is 259 g/mol. The minimum Gasteiger partial charge on any atom is -0.340 e. The summed E-state index contributed by atoms with van der Waals surface area (Å²) in [7, 11) is 0. The Kier molecular flexibility index (Phi) is 3.53. The molecule has 4 heteroatoms. The predicted octanol–water partition coefficient (Wildman–Crippen LogP) is 0.692. The van der Waals surface area contributed by atoms with Crippen molar-refractivity contribution in [2.24, 2.45) is 5.73 Å². The van der Waals surface area contributed by atoms with Crippen molar-refractivity contribution in [3.63, 3.8) is 0 Å². The zero-order valence-corrected chi connectivity index (χ0v) is 11.1. The van der Waals surface area contributed by atoms with Crippen molar-refractivity contribution in [2.45, 2.75) is 30.8 Å². The largest absolute Gasteiger partial charge is 0.340 e. The summed E-state index contributed by atoms with van der Waals surface area (Å²) in [4.78, 5) is 13.8. The van der Waals surface area contributed by atoms with Gasteiger partial charge in [0.1, 0.15) is 0 Å². The highest BCUT2D eigenvalue weighted by atomic mass is 16.2. The number of nitrogens with one attached hydrogen (secondary N) is 1. The van der Waals surface area contributed by atoms with Crippen LogP contribution in [-0.2, 0) is 4.79 Å². The number of hydrogen-bond acceptors (Lipinski definition) is 3. The minimum absolute atomic E-state index is 0.168. The first kappa shape index (κ1) is 12.6. The molecule has 0 spiro atoms. The second-order valence-corrected chi connectivity index (χ2v) is 5.63. The third-order valence-electron chi connectivity index (χ3n) is 4.11. The molecular weight excluding hydrogens is 238 g/mol. The van der Waals surface area contributed by atoms with Crippen molar-refractivity contribution < 1.29 is 4.79 Å². The molecule has 0 bridgehead atoms. The van der Waals surface area contributed by atoms with Crippen LogP contribution in [-0.4, -0.2) is 42.5 Å². The number of nitrogens with two attached hydrogens (primary N) is 1. The molecule has 0 aromatic heterocycles. The van der Waals surface area contributed by atoms with E-state index in [-0.39, 0.29) is 11.9 Å². The number of amides is 1. The van der Waals surface area contributed by atoms with Gasteiger partial charge in [-0.2, -0.15) is 0 Å². The molecule has 1 aliphatic heterocycles. The van der Waals surface area contributed by atoms with Crippen LogP contribution in [0.4, 0.5) is 0 Å². The van der Waals surface area contributed by atoms with Gasteiger partial charge in [-0.15, -0.1) is 0 Å². The van der Waals surface area contributed by atoms with Crippen molar-refractivity contribution >= 4 is 5.91 Å². The lowest BCUT2D eigenvalue weighted by molar-refractivity contribution is -0.129. The lowest BCUT2D eigenvalue weighted by Gasteiger charge is -2.16. The average Bonchev–Trinajstić information content (AvgIpc) is 3.09. The lowest BCUT2D eigenvalue weighted by atomic mass is 10.1. The molecule has 1 aromatic carbocycles. The van der Waals surface area contributed by atoms with Gasteiger partial charge in [0.25, 0.3) is 0 Å². The lowest BCUT2D eigenvalue weighted by Crippen LogP contribution is -2.39. The molecule has 3 rings (SSSR count). The Bertz CT molecular complexity index is 448. The summed E-state index contributed by atoms with van der Waals surface area (Å²) in [5.41, 5.74) is 7.19. The van der Waals surface area contributed by atoms with Crippen LogP contribution in [0.15, 0.2) is 30.3 Å². The molecule has 1 aliphatic carbocycles. The minimum atomic E-state index is 0.168. The average molecular weight is 259 g/mol. The summed E-state index contributed by atoms with van der Waals surface area (Å²) >= 11 is 0. The smallest absolute Gasteiger partial charge is 0.236 e. The maximum atomic E-state index is 12.0. The topological polar surface area (TPSA) is 58.4 Å². The molecule has 0 unspecified atom stereocenters. The third-order valence-corrected chi connectivity index (χ3v) is 4.11. The maximum Gasteiger partial charge on any atom is 0.236 e. The summed E-state index contributed by atoms with van der Waals surface area (Å²) in [5, 5.41) is 3.36. The van der Waals surface area contributed by atoms with Gasteiger partial charge in [-0.3, -0.25) is 4.79 Å². The molecule has 1 saturated heterocycles. The van der Waals surface area contributed by atoms with Crippen LogP contribution in [0.2, 0.25) is 0 Å². The van der Waals surface area contributed by atoms with E-state index in [1.165, 1.54) is 5.56 Å². The Labute approximate surface area is 114 Å². The van der Waals surface area contributed by atoms with E-state index < -0.39 is 0 Å². The Balaban J connectivity index is 1.43. The molecule has 3 atom stereocenters. The van der Waals surface area contributed by atoms with Crippen LogP contribution in [0.1, 0.15) is 24.3 Å². The normalized spacial score (nSPS) is 29.5. The molecule has 2 aliphatic rings. The van der Waals surface area contributed by atoms with E-state index in [0.717, 1.165) is 19.4 Å². The van der Waals surface area contributed by atoms with E-state index in [9.17, 15) is 4.79 Å². The second-order valence-electron chi connectivity index (χ2n) is 5.63. The van der Waals surface area contributed by atoms with Crippen LogP contribution in [0, 0.1) is 0 Å². The van der Waals surface area contributed by atoms with E-state index in [4.69, 9.17) is 5.73 Å². The van der Waals surface area contributed by atoms with Gasteiger partial charge >= 0.3 is 0 Å². The van der Waals surface area contributed by atoms with Gasteiger partial charge in [-0.05, 0) is 18.4 Å². The number of carbonyl (C=O) groups excluding carboxylic acids is 1. The molecular formula is C15H21N3O. The Morgan fingerprint density at radius 3 is 2.84 bits per heavy atom. The number of rotatable bonds is 4. The van der Waals surface area contributed by atoms with E-state index in [0.29, 0.717) is 25.0 Å². The van der Waals surface area contributed by atoms with Gasteiger partial charge in [-0.25, -0.2) is 0 Å². The van der Waals surface area contributed by atoms with Crippen molar-refractivity contribution in [2.75, 3.05) is 19.6 Å². The standard InChI is InChI=1S/C15H21N3O/c16-12-6-7-18(10-12)15(19)9-17-14-8-13(14)11-4-2-1-3-5-11/h1-5,12-14,17H,6-10,16H2/t12-,13-,14+/m0/s1. The summed E-state index contributed by atoms with van der Waals surface area (Å²) < 4.78 is 0. The van der Waals surface area contributed by atoms with Crippen LogP contribution < -0.4 is 11.1 Å². The fourth-order valence-corrected chi connectivity index (χ4v) is 2.83. The van der Waals surface area contributed by atoms with Crippen LogP contribution in [0.25, 0.3) is 0 Å². The van der Waals surface area contributed by atoms with Crippen molar-refractivity contribution in [1.29, 1.82) is 0 Å². The predicted molar refractivity (Wildman–Crippen MR) is 74.8 cm³/mol. The SMILES string of the molecule is N[C@H]1CCN(C(=O)CN[C@@H]2C[C@H]2c2ccccc2)C1. The zero-order chi connectivity index (χ0) is 13.2. The number of carbonyl (C=O) groups is 1. The first-order valence-corrected chi connectivity index (χ1v) is 7.05. The van der Waals surface area contributed by atoms with Gasteiger partial charge in [0, 0.05) is 31.1 Å². The zero-order valence-electron chi connectivity index (χ0n) is 11.1. The van der Waals surface area contributed by atoms with Crippen LogP contribution >= 0.6 is 0 Å². The molecule has 2 fully saturated rings. The molecule has 1 heterocycles. The molecule has 1 aromatic rings. The second kappa shape index (κ2) is 5.31. The van der Waals surface area contributed by atoms with Gasteiger partial charge in [-0.1, -0.05) is 30.3 Å². The summed E-state index contributed by atoms with van der Waals surface area (Å²) in [6.45, 7) is 1.97. The third kappa shape index (κ3) is 2.96. The Morgan fingerprint density at radius 1 is 1.37 bits per heavy atom. The van der Waals surface area contributed by atoms with Crippen LogP contribution in [0.5, 0.6) is 0 Å². The Morgan fingerprint density at radius 2 is 2.16 bits per heavy atom. The summed E-state index contributed by atoms with van der Waals surface area (Å²) in [6, 6.07) is 11.1. The molecule has 3 N–H and O–H groups in total. The quantitative estimate of drug-likeness (QED) is 0.836. The van der Waals surface area contributed by atoms with Gasteiger partial charge < -0.3 is 16.0 Å². The highest BCUT2D eigenvalue weighted by Gasteiger charge is 2.38. The highest BCUT2D eigenvalue weighted by molar-refractivity contribution is 5.78. The molecule has 1 saturated carbocycles. The molecule has 4 nitrogen and oxygen atoms in total. The number of likely N-dealkylation sites (tertiary alicyclic amines) is 1. The van der Waals surface area contributed by atoms with Gasteiger partial charge in [0.2, 0.25) is 5.91 Å². The number of nitrogens with zero attached hydrogens (tertiary/aromatic N) is 1. The molecule has 1 amide bonds. The summed E-state index contributed by atoms with van der Waals surface area (Å²) in [5.74, 6) is 0.765. The summed E-state index contributed by atoms with van der Waals surface area (Å²) in [6.07, 6.45) is 2.07. The fourth-order valence-electron chi connectivity index (χ4n) is 2.83. The van der Waals surface area contributed by atoms with Crippen LogP contribution in [0.3, 0.4) is 0 Å². The first-order chi connectivity index (χ1) is 9.24. The highest BCUT2D eigenvalue weighted by Crippen LogP contribution is 2.40. The van der Waals surface area contributed by atoms with E-state index in [1.54, 1.807) is 0 Å². The van der Waals surface area contributed by atoms with Gasteiger partial charge in [0.15, 0.2) is 0 Å². The fraction of sp³-hybridized carbons (Fsp3) is 0.533. The molecule has 102 valence electrons. The number of benzene rings is 1. The Hall–Kier alpha value is -1.39.